The van der Waals surface area contributed by atoms with E-state index in [0.717, 1.165) is 17.7 Å². The molecule has 1 atom stereocenters. The Labute approximate surface area is 115 Å². The molecule has 0 bridgehead atoms. The molecule has 0 radical (unpaired) electrons. The summed E-state index contributed by atoms with van der Waals surface area (Å²) in [4.78, 5) is 19.6. The number of aromatic nitrogens is 2. The lowest BCUT2D eigenvalue weighted by Gasteiger charge is -2.24. The maximum atomic E-state index is 11.1. The fourth-order valence-corrected chi connectivity index (χ4v) is 2.38. The molecule has 102 valence electrons. The van der Waals surface area contributed by atoms with Crippen LogP contribution in [0.15, 0.2) is 30.5 Å². The highest BCUT2D eigenvalue weighted by Crippen LogP contribution is 2.36. The molecule has 1 unspecified atom stereocenters. The Kier molecular flexibility index (Phi) is 2.98. The zero-order valence-electron chi connectivity index (χ0n) is 10.7. The van der Waals surface area contributed by atoms with Crippen LogP contribution in [0.2, 0.25) is 0 Å². The van der Waals surface area contributed by atoms with Crippen LogP contribution in [0.4, 0.5) is 5.82 Å². The van der Waals surface area contributed by atoms with Gasteiger partial charge in [0.2, 0.25) is 0 Å². The van der Waals surface area contributed by atoms with Gasteiger partial charge in [-0.3, -0.25) is 4.79 Å². The summed E-state index contributed by atoms with van der Waals surface area (Å²) in [7, 11) is 0. The Morgan fingerprint density at radius 1 is 1.35 bits per heavy atom. The Bertz CT molecular complexity index is 672. The average molecular weight is 270 g/mol. The van der Waals surface area contributed by atoms with Gasteiger partial charge in [0, 0.05) is 11.8 Å². The number of nitrogens with zero attached hydrogens (tertiary/aromatic N) is 2. The second kappa shape index (κ2) is 4.80. The number of fused-ring (bicyclic) bond motifs is 1. The number of hydrogen-bond donors (Lipinski definition) is 2. The van der Waals surface area contributed by atoms with Gasteiger partial charge in [-0.15, -0.1) is 0 Å². The van der Waals surface area contributed by atoms with Gasteiger partial charge in [-0.1, -0.05) is 18.2 Å². The summed E-state index contributed by atoms with van der Waals surface area (Å²) in [6, 6.07) is 7.78. The number of benzene rings is 1. The van der Waals surface area contributed by atoms with E-state index in [4.69, 9.17) is 16.2 Å². The van der Waals surface area contributed by atoms with Crippen molar-refractivity contribution in [1.82, 2.24) is 9.97 Å². The fraction of sp³-hybridized carbons (Fsp3) is 0.214. The Morgan fingerprint density at radius 2 is 2.15 bits per heavy atom. The second-order valence-electron chi connectivity index (χ2n) is 4.62. The van der Waals surface area contributed by atoms with Crippen molar-refractivity contribution in [2.45, 2.75) is 12.3 Å². The lowest BCUT2D eigenvalue weighted by molar-refractivity contribution is 0.100. The van der Waals surface area contributed by atoms with Gasteiger partial charge < -0.3 is 16.2 Å². The molecule has 1 amide bonds. The molecule has 2 aromatic rings. The van der Waals surface area contributed by atoms with Crippen LogP contribution in [0, 0.1) is 0 Å². The van der Waals surface area contributed by atoms with Crippen LogP contribution in [-0.2, 0) is 0 Å². The molecule has 6 nitrogen and oxygen atoms in total. The van der Waals surface area contributed by atoms with Gasteiger partial charge in [-0.25, -0.2) is 9.97 Å². The molecule has 4 N–H and O–H groups in total. The highest BCUT2D eigenvalue weighted by atomic mass is 16.5. The van der Waals surface area contributed by atoms with Crippen molar-refractivity contribution < 1.29 is 9.53 Å². The van der Waals surface area contributed by atoms with E-state index >= 15 is 0 Å². The number of anilines is 1. The lowest BCUT2D eigenvalue weighted by Crippen LogP contribution is -2.20. The number of nitrogens with two attached hydrogens (primary N) is 2. The molecule has 0 saturated heterocycles. The highest BCUT2D eigenvalue weighted by molar-refractivity contribution is 5.96. The lowest BCUT2D eigenvalue weighted by atomic mass is 9.92. The van der Waals surface area contributed by atoms with Gasteiger partial charge in [0.15, 0.2) is 0 Å². The van der Waals surface area contributed by atoms with Crippen molar-refractivity contribution >= 4 is 11.7 Å². The van der Waals surface area contributed by atoms with Crippen LogP contribution in [0.1, 0.15) is 34.1 Å². The summed E-state index contributed by atoms with van der Waals surface area (Å²) in [6.45, 7) is 0.600. The van der Waals surface area contributed by atoms with Gasteiger partial charge in [-0.2, -0.15) is 0 Å². The number of nitrogen functional groups attached to an aromatic ring is 1. The van der Waals surface area contributed by atoms with Crippen LogP contribution in [0.3, 0.4) is 0 Å². The largest absolute Gasteiger partial charge is 0.493 e. The van der Waals surface area contributed by atoms with E-state index in [-0.39, 0.29) is 17.3 Å². The summed E-state index contributed by atoms with van der Waals surface area (Å²) in [5.74, 6) is 0.935. The first-order valence-electron chi connectivity index (χ1n) is 6.30. The maximum Gasteiger partial charge on any atom is 0.254 e. The van der Waals surface area contributed by atoms with Crippen molar-refractivity contribution in [2.24, 2.45) is 5.73 Å². The van der Waals surface area contributed by atoms with E-state index < -0.39 is 5.91 Å². The summed E-state index contributed by atoms with van der Waals surface area (Å²) in [6.07, 6.45) is 2.16. The molecule has 20 heavy (non-hydrogen) atoms. The second-order valence-corrected chi connectivity index (χ2v) is 4.62. The standard InChI is InChI=1S/C14H14N4O2/c15-12-10(13(16)19)7-17-14(18-12)9-5-6-20-11-4-2-1-3-8(9)11/h1-4,7,9H,5-6H2,(H2,16,19)(H2,15,17,18). The van der Waals surface area contributed by atoms with Gasteiger partial charge in [-0.05, 0) is 12.5 Å². The fourth-order valence-electron chi connectivity index (χ4n) is 2.38. The van der Waals surface area contributed by atoms with Gasteiger partial charge in [0.1, 0.15) is 17.4 Å². The number of amides is 1. The van der Waals surface area contributed by atoms with Crippen molar-refractivity contribution in [3.05, 3.63) is 47.4 Å². The molecule has 0 spiro atoms. The smallest absolute Gasteiger partial charge is 0.254 e. The van der Waals surface area contributed by atoms with Crippen LogP contribution >= 0.6 is 0 Å². The predicted molar refractivity (Wildman–Crippen MR) is 73.4 cm³/mol. The first kappa shape index (κ1) is 12.4. The molecule has 1 aliphatic rings. The normalized spacial score (nSPS) is 17.1. The first-order chi connectivity index (χ1) is 9.66. The highest BCUT2D eigenvalue weighted by Gasteiger charge is 2.25. The number of hydrogen-bond acceptors (Lipinski definition) is 5. The third-order valence-corrected chi connectivity index (χ3v) is 3.37. The molecule has 6 heteroatoms. The number of ether oxygens (including phenoxy) is 1. The summed E-state index contributed by atoms with van der Waals surface area (Å²) >= 11 is 0. The SMILES string of the molecule is NC(=O)c1cnc(C2CCOc3ccccc32)nc1N. The summed E-state index contributed by atoms with van der Waals surface area (Å²) < 4.78 is 5.61. The Hall–Kier alpha value is -2.63. The monoisotopic (exact) mass is 270 g/mol. The number of rotatable bonds is 2. The van der Waals surface area contributed by atoms with Crippen LogP contribution in [0.25, 0.3) is 0 Å². The van der Waals surface area contributed by atoms with Crippen LogP contribution in [0.5, 0.6) is 5.75 Å². The molecule has 1 aliphatic heterocycles. The van der Waals surface area contributed by atoms with Crippen molar-refractivity contribution in [2.75, 3.05) is 12.3 Å². The van der Waals surface area contributed by atoms with E-state index in [2.05, 4.69) is 9.97 Å². The summed E-state index contributed by atoms with van der Waals surface area (Å²) in [5, 5.41) is 0. The molecule has 2 heterocycles. The average Bonchev–Trinajstić information content (AvgIpc) is 2.46. The predicted octanol–water partition coefficient (Wildman–Crippen LogP) is 1.07. The molecule has 3 rings (SSSR count). The third-order valence-electron chi connectivity index (χ3n) is 3.37. The molecular formula is C14H14N4O2. The van der Waals surface area contributed by atoms with Crippen LogP contribution in [-0.4, -0.2) is 22.5 Å². The molecular weight excluding hydrogens is 256 g/mol. The molecule has 1 aromatic heterocycles. The minimum Gasteiger partial charge on any atom is -0.493 e. The maximum absolute atomic E-state index is 11.1. The van der Waals surface area contributed by atoms with E-state index in [1.54, 1.807) is 0 Å². The third kappa shape index (κ3) is 2.05. The zero-order chi connectivity index (χ0) is 14.1. The Morgan fingerprint density at radius 3 is 2.90 bits per heavy atom. The molecule has 0 saturated carbocycles. The van der Waals surface area contributed by atoms with Gasteiger partial charge in [0.25, 0.3) is 5.91 Å². The van der Waals surface area contributed by atoms with Gasteiger partial charge >= 0.3 is 0 Å². The van der Waals surface area contributed by atoms with E-state index in [1.165, 1.54) is 6.20 Å². The van der Waals surface area contributed by atoms with Gasteiger partial charge in [0.05, 0.1) is 18.1 Å². The number of primary amides is 1. The van der Waals surface area contributed by atoms with E-state index in [0.29, 0.717) is 12.4 Å². The zero-order valence-corrected chi connectivity index (χ0v) is 10.7. The minimum absolute atomic E-state index is 0.0178. The number of carbonyl (C=O) groups excluding carboxylic acids is 1. The van der Waals surface area contributed by atoms with Crippen LogP contribution < -0.4 is 16.2 Å². The minimum atomic E-state index is -0.624. The number of carbonyl (C=O) groups is 1. The molecule has 0 fully saturated rings. The number of para-hydroxylation sites is 1. The Balaban J connectivity index is 2.03. The van der Waals surface area contributed by atoms with Crippen molar-refractivity contribution in [3.8, 4) is 5.75 Å². The van der Waals surface area contributed by atoms with E-state index in [1.807, 2.05) is 24.3 Å². The topological polar surface area (TPSA) is 104 Å². The first-order valence-corrected chi connectivity index (χ1v) is 6.30. The molecule has 0 aliphatic carbocycles. The summed E-state index contributed by atoms with van der Waals surface area (Å²) in [5.41, 5.74) is 12.1. The quantitative estimate of drug-likeness (QED) is 0.849. The van der Waals surface area contributed by atoms with Crippen molar-refractivity contribution in [3.63, 3.8) is 0 Å². The van der Waals surface area contributed by atoms with Crippen molar-refractivity contribution in [1.29, 1.82) is 0 Å². The molecule has 1 aromatic carbocycles. The van der Waals surface area contributed by atoms with E-state index in [9.17, 15) is 4.79 Å².